The fourth-order valence-electron chi connectivity index (χ4n) is 6.96. The van der Waals surface area contributed by atoms with Gasteiger partial charge in [-0.1, -0.05) is 60.7 Å². The summed E-state index contributed by atoms with van der Waals surface area (Å²) < 4.78 is -0.652. The van der Waals surface area contributed by atoms with Gasteiger partial charge in [0.2, 0.25) is 0 Å². The Hall–Kier alpha value is -2.96. The molecule has 6 heteroatoms. The van der Waals surface area contributed by atoms with Crippen LogP contribution in [0, 0.1) is 0 Å². The third-order valence-electron chi connectivity index (χ3n) is 9.61. The molecule has 1 fully saturated rings. The summed E-state index contributed by atoms with van der Waals surface area (Å²) in [5.74, 6) is 0.0281. The number of carbonyl (C=O) groups excluding carboxylic acids is 2. The average molecular weight is 611 g/mol. The molecule has 2 heterocycles. The molecule has 2 amide bonds. The largest absolute Gasteiger partial charge is 0.349 e. The lowest BCUT2D eigenvalue weighted by atomic mass is 9.72. The second-order valence-electron chi connectivity index (χ2n) is 12.7. The average Bonchev–Trinajstić information content (AvgIpc) is 3.72. The van der Waals surface area contributed by atoms with Crippen LogP contribution in [0.2, 0.25) is 0 Å². The highest BCUT2D eigenvalue weighted by molar-refractivity contribution is 8.10. The quantitative estimate of drug-likeness (QED) is 0.288. The molecule has 1 saturated carbocycles. The molecular weight excluding hydrogens is 569 g/mol. The molecule has 2 unspecified atom stereocenters. The summed E-state index contributed by atoms with van der Waals surface area (Å²) in [5.41, 5.74) is 7.96. The first-order chi connectivity index (χ1) is 20.7. The number of thioether (sulfide) groups is 2. The van der Waals surface area contributed by atoms with Crippen molar-refractivity contribution in [2.45, 2.75) is 94.2 Å². The Morgan fingerprint density at radius 2 is 1.09 bits per heavy atom. The first kappa shape index (κ1) is 30.1. The fourth-order valence-corrected chi connectivity index (χ4v) is 9.94. The molecule has 224 valence electrons. The van der Waals surface area contributed by atoms with Gasteiger partial charge in [-0.2, -0.15) is 0 Å². The molecule has 6 rings (SSSR count). The van der Waals surface area contributed by atoms with Gasteiger partial charge in [-0.15, -0.1) is 23.5 Å². The maximum absolute atomic E-state index is 13.6. The van der Waals surface area contributed by atoms with E-state index in [1.165, 1.54) is 33.4 Å². The van der Waals surface area contributed by atoms with Crippen molar-refractivity contribution in [1.29, 1.82) is 0 Å². The molecule has 2 aliphatic heterocycles. The van der Waals surface area contributed by atoms with E-state index in [0.29, 0.717) is 0 Å². The maximum atomic E-state index is 13.6. The molecule has 0 bridgehead atoms. The van der Waals surface area contributed by atoms with E-state index in [9.17, 15) is 9.59 Å². The molecule has 2 aromatic carbocycles. The van der Waals surface area contributed by atoms with Crippen molar-refractivity contribution in [2.24, 2.45) is 0 Å². The molecule has 4 nitrogen and oxygen atoms in total. The van der Waals surface area contributed by atoms with Gasteiger partial charge in [-0.05, 0) is 118 Å². The van der Waals surface area contributed by atoms with Crippen LogP contribution in [0.3, 0.4) is 0 Å². The SMILES string of the molecule is C[C@H](CCc1ccccc1)NC(=O)C1=CC2=C3CCCC3=C3C=C(C(=O)N[C@H](C)CCc4ccccc4)SC3(C)C2(C)S1. The van der Waals surface area contributed by atoms with E-state index in [4.69, 9.17) is 0 Å². The Morgan fingerprint density at radius 3 is 1.49 bits per heavy atom. The predicted octanol–water partition coefficient (Wildman–Crippen LogP) is 7.83. The zero-order chi connectivity index (χ0) is 30.2. The van der Waals surface area contributed by atoms with Gasteiger partial charge >= 0.3 is 0 Å². The molecule has 2 N–H and O–H groups in total. The van der Waals surface area contributed by atoms with Crippen molar-refractivity contribution < 1.29 is 9.59 Å². The van der Waals surface area contributed by atoms with Gasteiger partial charge in [-0.3, -0.25) is 9.59 Å². The highest BCUT2D eigenvalue weighted by atomic mass is 32.2. The minimum atomic E-state index is -0.326. The molecule has 0 spiro atoms. The Bertz CT molecular complexity index is 1430. The lowest BCUT2D eigenvalue weighted by Crippen LogP contribution is -2.47. The van der Waals surface area contributed by atoms with Crippen molar-refractivity contribution in [3.63, 3.8) is 0 Å². The smallest absolute Gasteiger partial charge is 0.257 e. The van der Waals surface area contributed by atoms with Gasteiger partial charge in [-0.25, -0.2) is 0 Å². The van der Waals surface area contributed by atoms with Crippen molar-refractivity contribution in [1.82, 2.24) is 10.6 Å². The zero-order valence-electron chi connectivity index (χ0n) is 25.7. The van der Waals surface area contributed by atoms with Crippen LogP contribution in [-0.4, -0.2) is 33.4 Å². The third kappa shape index (κ3) is 5.81. The minimum Gasteiger partial charge on any atom is -0.349 e. The molecule has 2 aromatic rings. The predicted molar refractivity (Wildman–Crippen MR) is 181 cm³/mol. The molecule has 43 heavy (non-hydrogen) atoms. The summed E-state index contributed by atoms with van der Waals surface area (Å²) in [7, 11) is 0. The summed E-state index contributed by atoms with van der Waals surface area (Å²) >= 11 is 3.38. The Morgan fingerprint density at radius 1 is 0.698 bits per heavy atom. The van der Waals surface area contributed by atoms with Crippen LogP contribution in [-0.2, 0) is 22.4 Å². The van der Waals surface area contributed by atoms with Gasteiger partial charge in [0.15, 0.2) is 0 Å². The summed E-state index contributed by atoms with van der Waals surface area (Å²) in [6, 6.07) is 21.0. The standard InChI is InChI=1S/C37H42N2O2S2/c1-24(18-20-26-12-7-5-8-13-26)38-34(40)32-22-30-28-16-11-17-29(28)31-23-33(43-37(31,4)36(30,3)42-32)35(41)39-25(2)19-21-27-14-9-6-10-15-27/h5-10,12-15,22-25H,11,16-21H2,1-4H3,(H,38,40)(H,39,41)/t24-,25-,36?,37?/m1/s1. The van der Waals surface area contributed by atoms with Crippen LogP contribution in [0.4, 0.5) is 0 Å². The topological polar surface area (TPSA) is 58.2 Å². The number of nitrogens with one attached hydrogen (secondary N) is 2. The minimum absolute atomic E-state index is 0.0140. The fraction of sp³-hybridized carbons (Fsp3) is 0.405. The van der Waals surface area contributed by atoms with Gasteiger partial charge in [0.05, 0.1) is 19.3 Å². The van der Waals surface area contributed by atoms with Crippen LogP contribution in [0.5, 0.6) is 0 Å². The number of benzene rings is 2. The van der Waals surface area contributed by atoms with Crippen molar-refractivity contribution in [2.75, 3.05) is 0 Å². The number of aryl methyl sites for hydroxylation is 2. The Balaban J connectivity index is 1.15. The highest BCUT2D eigenvalue weighted by Gasteiger charge is 2.60. The van der Waals surface area contributed by atoms with Crippen molar-refractivity contribution in [3.8, 4) is 0 Å². The Kier molecular flexibility index (Phi) is 8.54. The number of rotatable bonds is 10. The van der Waals surface area contributed by atoms with E-state index in [1.54, 1.807) is 23.5 Å². The lowest BCUT2D eigenvalue weighted by Gasteiger charge is -2.47. The molecular formula is C37H42N2O2S2. The van der Waals surface area contributed by atoms with Gasteiger partial charge < -0.3 is 10.6 Å². The lowest BCUT2D eigenvalue weighted by molar-refractivity contribution is -0.118. The normalized spacial score (nSPS) is 25.4. The number of hydrogen-bond donors (Lipinski definition) is 2. The van der Waals surface area contributed by atoms with Crippen molar-refractivity contribution in [3.05, 3.63) is 116 Å². The molecule has 4 aliphatic rings. The first-order valence-corrected chi connectivity index (χ1v) is 17.3. The van der Waals surface area contributed by atoms with Crippen LogP contribution < -0.4 is 10.6 Å². The Labute approximate surface area is 264 Å². The van der Waals surface area contributed by atoms with E-state index >= 15 is 0 Å². The third-order valence-corrected chi connectivity index (χ3v) is 12.9. The maximum Gasteiger partial charge on any atom is 0.257 e. The van der Waals surface area contributed by atoms with Crippen LogP contribution >= 0.6 is 23.5 Å². The molecule has 2 aliphatic carbocycles. The monoisotopic (exact) mass is 610 g/mol. The van der Waals surface area contributed by atoms with Gasteiger partial charge in [0, 0.05) is 12.1 Å². The first-order valence-electron chi connectivity index (χ1n) is 15.7. The summed E-state index contributed by atoms with van der Waals surface area (Å²) in [6.45, 7) is 8.76. The zero-order valence-corrected chi connectivity index (χ0v) is 27.3. The van der Waals surface area contributed by atoms with Gasteiger partial charge in [0.25, 0.3) is 11.8 Å². The second kappa shape index (κ2) is 12.2. The van der Waals surface area contributed by atoms with Crippen LogP contribution in [0.15, 0.2) is 105 Å². The number of allylic oxidation sites excluding steroid dienone is 4. The van der Waals surface area contributed by atoms with Crippen LogP contribution in [0.25, 0.3) is 0 Å². The summed E-state index contributed by atoms with van der Waals surface area (Å²) in [5, 5.41) is 6.55. The molecule has 0 radical (unpaired) electrons. The van der Waals surface area contributed by atoms with Crippen LogP contribution in [0.1, 0.15) is 70.9 Å². The van der Waals surface area contributed by atoms with E-state index in [-0.39, 0.29) is 33.4 Å². The summed E-state index contributed by atoms with van der Waals surface area (Å²) in [4.78, 5) is 28.7. The van der Waals surface area contributed by atoms with E-state index in [2.05, 4.69) is 99.0 Å². The van der Waals surface area contributed by atoms with E-state index < -0.39 is 0 Å². The number of hydrogen-bond acceptors (Lipinski definition) is 4. The number of fused-ring (bicyclic) bond motifs is 4. The number of amides is 2. The second-order valence-corrected chi connectivity index (χ2v) is 15.6. The summed E-state index contributed by atoms with van der Waals surface area (Å²) in [6.07, 6.45) is 11.2. The van der Waals surface area contributed by atoms with E-state index in [1.807, 2.05) is 12.1 Å². The van der Waals surface area contributed by atoms with Gasteiger partial charge in [0.1, 0.15) is 0 Å². The van der Waals surface area contributed by atoms with E-state index in [0.717, 1.165) is 54.8 Å². The molecule has 4 atom stereocenters. The number of carbonyl (C=O) groups is 2. The highest BCUT2D eigenvalue weighted by Crippen LogP contribution is 2.68. The van der Waals surface area contributed by atoms with Crippen molar-refractivity contribution >= 4 is 35.3 Å². The molecule has 0 saturated heterocycles. The molecule has 0 aromatic heterocycles.